The molecule has 2 aromatic rings. The van der Waals surface area contributed by atoms with E-state index in [1.54, 1.807) is 18.2 Å². The number of benzene rings is 2. The van der Waals surface area contributed by atoms with E-state index in [4.69, 9.17) is 9.47 Å². The fourth-order valence-electron chi connectivity index (χ4n) is 4.60. The Kier molecular flexibility index (Phi) is 7.36. The highest BCUT2D eigenvalue weighted by atomic mass is 32.2. The molecule has 7 nitrogen and oxygen atoms in total. The van der Waals surface area contributed by atoms with Crippen LogP contribution in [0.2, 0.25) is 0 Å². The van der Waals surface area contributed by atoms with Gasteiger partial charge in [-0.25, -0.2) is 8.42 Å². The van der Waals surface area contributed by atoms with Crippen LogP contribution in [0.5, 0.6) is 5.75 Å². The predicted molar refractivity (Wildman–Crippen MR) is 126 cm³/mol. The smallest absolute Gasteiger partial charge is 0.243 e. The molecule has 2 heterocycles. The van der Waals surface area contributed by atoms with E-state index < -0.39 is 15.4 Å². The fourth-order valence-corrected chi connectivity index (χ4v) is 6.30. The van der Waals surface area contributed by atoms with Gasteiger partial charge < -0.3 is 14.4 Å². The Labute approximate surface area is 196 Å². The lowest BCUT2D eigenvalue weighted by Gasteiger charge is -2.42. The number of aryl methyl sites for hydroxylation is 1. The molecule has 2 saturated heterocycles. The molecule has 0 spiro atoms. The van der Waals surface area contributed by atoms with E-state index in [9.17, 15) is 13.2 Å². The van der Waals surface area contributed by atoms with Crippen LogP contribution in [0.4, 0.5) is 0 Å². The van der Waals surface area contributed by atoms with Crippen molar-refractivity contribution >= 4 is 15.9 Å². The van der Waals surface area contributed by atoms with Crippen LogP contribution in [0.15, 0.2) is 59.5 Å². The third kappa shape index (κ3) is 5.75. The maximum absolute atomic E-state index is 13.5. The number of piperidine rings is 1. The number of sulfonamides is 1. The van der Waals surface area contributed by atoms with Crippen LogP contribution in [0.25, 0.3) is 0 Å². The number of hydrogen-bond donors (Lipinski definition) is 0. The zero-order valence-corrected chi connectivity index (χ0v) is 19.9. The van der Waals surface area contributed by atoms with Gasteiger partial charge in [-0.3, -0.25) is 4.79 Å². The van der Waals surface area contributed by atoms with Crippen LogP contribution >= 0.6 is 0 Å². The van der Waals surface area contributed by atoms with E-state index in [1.165, 1.54) is 4.31 Å². The van der Waals surface area contributed by atoms with Crippen molar-refractivity contribution in [2.45, 2.75) is 31.1 Å². The Morgan fingerprint density at radius 2 is 1.82 bits per heavy atom. The molecule has 2 aliphatic heterocycles. The molecule has 0 N–H and O–H groups in total. The molecule has 0 bridgehead atoms. The molecule has 178 valence electrons. The lowest BCUT2D eigenvalue weighted by Crippen LogP contribution is -2.51. The average Bonchev–Trinajstić information content (AvgIpc) is 2.84. The summed E-state index contributed by atoms with van der Waals surface area (Å²) < 4.78 is 39.9. The summed E-state index contributed by atoms with van der Waals surface area (Å²) in [6.45, 7) is 5.07. The van der Waals surface area contributed by atoms with Gasteiger partial charge in [0.25, 0.3) is 0 Å². The minimum atomic E-state index is -3.67. The fraction of sp³-hybridized carbons (Fsp3) is 0.480. The van der Waals surface area contributed by atoms with Crippen LogP contribution in [0.3, 0.4) is 0 Å². The summed E-state index contributed by atoms with van der Waals surface area (Å²) in [5.74, 6) is 0.749. The lowest BCUT2D eigenvalue weighted by molar-refractivity contribution is -0.139. The van der Waals surface area contributed by atoms with E-state index in [2.05, 4.69) is 0 Å². The Bertz CT molecular complexity index is 1050. The molecule has 0 aliphatic carbocycles. The lowest BCUT2D eigenvalue weighted by atomic mass is 9.78. The number of nitrogens with zero attached hydrogens (tertiary/aromatic N) is 2. The van der Waals surface area contributed by atoms with Crippen molar-refractivity contribution in [3.63, 3.8) is 0 Å². The van der Waals surface area contributed by atoms with Gasteiger partial charge in [-0.2, -0.15) is 4.31 Å². The van der Waals surface area contributed by atoms with Gasteiger partial charge in [0.05, 0.1) is 24.7 Å². The van der Waals surface area contributed by atoms with E-state index in [-0.39, 0.29) is 25.5 Å². The van der Waals surface area contributed by atoms with Crippen molar-refractivity contribution in [2.24, 2.45) is 5.41 Å². The van der Waals surface area contributed by atoms with E-state index >= 15 is 0 Å². The number of carbonyl (C=O) groups excluding carboxylic acids is 1. The monoisotopic (exact) mass is 472 g/mol. The van der Waals surface area contributed by atoms with Gasteiger partial charge in [0.1, 0.15) is 5.75 Å². The van der Waals surface area contributed by atoms with E-state index in [0.29, 0.717) is 44.2 Å². The SMILES string of the molecule is Cc1cccc(S(=O)(=O)N2CCC[C@@](COc3ccccc3)(CC(=O)N3CCOCC3)C2)c1. The van der Waals surface area contributed by atoms with Gasteiger partial charge in [-0.1, -0.05) is 30.3 Å². The first-order chi connectivity index (χ1) is 15.9. The van der Waals surface area contributed by atoms with Gasteiger partial charge in [0.15, 0.2) is 0 Å². The number of morpholine rings is 1. The number of para-hydroxylation sites is 1. The second kappa shape index (κ2) is 10.2. The van der Waals surface area contributed by atoms with Gasteiger partial charge in [0, 0.05) is 38.0 Å². The van der Waals surface area contributed by atoms with E-state index in [0.717, 1.165) is 17.7 Å². The zero-order chi connectivity index (χ0) is 23.3. The molecule has 2 aliphatic rings. The number of amides is 1. The van der Waals surface area contributed by atoms with Crippen molar-refractivity contribution in [2.75, 3.05) is 46.0 Å². The standard InChI is InChI=1S/C25H32N2O5S/c1-21-7-5-10-23(17-21)33(29,30)27-12-6-11-25(19-27,20-32-22-8-3-2-4-9-22)18-24(28)26-13-15-31-16-14-26/h2-5,7-10,17H,6,11-16,18-20H2,1H3/t25-/m1/s1. The Balaban J connectivity index is 1.57. The molecular formula is C25H32N2O5S. The predicted octanol–water partition coefficient (Wildman–Crippen LogP) is 3.09. The number of carbonyl (C=O) groups is 1. The van der Waals surface area contributed by atoms with Gasteiger partial charge in [-0.15, -0.1) is 0 Å². The van der Waals surface area contributed by atoms with Crippen molar-refractivity contribution in [3.05, 3.63) is 60.2 Å². The van der Waals surface area contributed by atoms with Crippen LogP contribution in [0, 0.1) is 12.3 Å². The second-order valence-electron chi connectivity index (χ2n) is 9.03. The largest absolute Gasteiger partial charge is 0.493 e. The van der Waals surface area contributed by atoms with E-state index in [1.807, 2.05) is 48.2 Å². The molecule has 0 unspecified atom stereocenters. The Morgan fingerprint density at radius 1 is 1.06 bits per heavy atom. The van der Waals surface area contributed by atoms with Crippen LogP contribution < -0.4 is 4.74 Å². The number of rotatable bonds is 7. The molecule has 2 aromatic carbocycles. The molecule has 33 heavy (non-hydrogen) atoms. The highest BCUT2D eigenvalue weighted by Gasteiger charge is 2.43. The molecule has 1 amide bonds. The van der Waals surface area contributed by atoms with Crippen molar-refractivity contribution in [1.29, 1.82) is 0 Å². The Hall–Kier alpha value is -2.42. The minimum Gasteiger partial charge on any atom is -0.493 e. The Morgan fingerprint density at radius 3 is 2.55 bits per heavy atom. The molecule has 1 atom stereocenters. The van der Waals surface area contributed by atoms with Crippen LogP contribution in [0.1, 0.15) is 24.8 Å². The summed E-state index contributed by atoms with van der Waals surface area (Å²) in [4.78, 5) is 15.3. The summed E-state index contributed by atoms with van der Waals surface area (Å²) in [6.07, 6.45) is 1.66. The summed E-state index contributed by atoms with van der Waals surface area (Å²) in [7, 11) is -3.67. The molecule has 2 fully saturated rings. The summed E-state index contributed by atoms with van der Waals surface area (Å²) in [5, 5.41) is 0. The van der Waals surface area contributed by atoms with Gasteiger partial charge in [-0.05, 0) is 49.6 Å². The van der Waals surface area contributed by atoms with Gasteiger partial charge >= 0.3 is 0 Å². The second-order valence-corrected chi connectivity index (χ2v) is 11.0. The number of hydrogen-bond acceptors (Lipinski definition) is 5. The highest BCUT2D eigenvalue weighted by molar-refractivity contribution is 7.89. The molecule has 0 saturated carbocycles. The average molecular weight is 473 g/mol. The maximum atomic E-state index is 13.5. The quantitative estimate of drug-likeness (QED) is 0.619. The zero-order valence-electron chi connectivity index (χ0n) is 19.1. The first-order valence-corrected chi connectivity index (χ1v) is 12.9. The first-order valence-electron chi connectivity index (χ1n) is 11.5. The highest BCUT2D eigenvalue weighted by Crippen LogP contribution is 2.37. The summed E-state index contributed by atoms with van der Waals surface area (Å²) >= 11 is 0. The minimum absolute atomic E-state index is 0.0322. The number of ether oxygens (including phenoxy) is 2. The molecule has 4 rings (SSSR count). The first kappa shape index (κ1) is 23.7. The molecule has 0 radical (unpaired) electrons. The normalized spacial score (nSPS) is 22.2. The third-order valence-electron chi connectivity index (χ3n) is 6.43. The van der Waals surface area contributed by atoms with Crippen molar-refractivity contribution in [1.82, 2.24) is 9.21 Å². The summed E-state index contributed by atoms with van der Waals surface area (Å²) in [6, 6.07) is 16.5. The van der Waals surface area contributed by atoms with Gasteiger partial charge in [0.2, 0.25) is 15.9 Å². The summed E-state index contributed by atoms with van der Waals surface area (Å²) in [5.41, 5.74) is 0.301. The topological polar surface area (TPSA) is 76.2 Å². The third-order valence-corrected chi connectivity index (χ3v) is 8.27. The van der Waals surface area contributed by atoms with Crippen molar-refractivity contribution in [3.8, 4) is 5.75 Å². The van der Waals surface area contributed by atoms with Crippen LogP contribution in [-0.4, -0.2) is 69.5 Å². The maximum Gasteiger partial charge on any atom is 0.243 e. The molecular weight excluding hydrogens is 440 g/mol. The van der Waals surface area contributed by atoms with Crippen LogP contribution in [-0.2, 0) is 19.6 Å². The van der Waals surface area contributed by atoms with Crippen molar-refractivity contribution < 1.29 is 22.7 Å². The molecule has 0 aromatic heterocycles. The molecule has 8 heteroatoms.